The number of nitrogens with zero attached hydrogens (tertiary/aromatic N) is 11. The number of aromatic nitrogens is 9. The van der Waals surface area contributed by atoms with Crippen LogP contribution in [0.1, 0.15) is 29.8 Å². The second-order valence-corrected chi connectivity index (χ2v) is 27.2. The number of azo groups is 1. The summed E-state index contributed by atoms with van der Waals surface area (Å²) in [5.74, 6) is -1.63. The fraction of sp³-hybridized carbons (Fsp3) is 0.107. The van der Waals surface area contributed by atoms with Crippen LogP contribution in [0, 0.1) is 6.92 Å². The van der Waals surface area contributed by atoms with Crippen molar-refractivity contribution >= 4 is 134 Å². The van der Waals surface area contributed by atoms with Crippen LogP contribution in [-0.4, -0.2) is 126 Å². The zero-order valence-electron chi connectivity index (χ0n) is 48.3. The average molecular weight is 1460 g/mol. The van der Waals surface area contributed by atoms with E-state index < -0.39 is 99.8 Å². The maximum Gasteiger partial charge on any atom is 2.00 e. The molecule has 0 aliphatic carbocycles. The Balaban J connectivity index is 0.00000112. The Morgan fingerprint density at radius 3 is 1.65 bits per heavy atom. The molecule has 12 rings (SSSR count). The molecular weight excluding hydrogens is 1410 g/mol. The van der Waals surface area contributed by atoms with Crippen molar-refractivity contribution in [1.82, 2.24) is 44.4 Å². The summed E-state index contributed by atoms with van der Waals surface area (Å²) < 4.78 is 182. The summed E-state index contributed by atoms with van der Waals surface area (Å²) in [4.78, 5) is 62.0. The summed E-state index contributed by atoms with van der Waals surface area (Å²) in [6.07, 6.45) is 0. The number of pyridine rings is 1. The molecular formula is C56H41CuN13O19S6. The SMILES string of the molecule is CCn1c(O)c(C(C)=O)c(C)c(N=Nc2cc(NCCS(=O)(=O)c3ccc(NS(=O)(=O)c4cccc5c4-c4nc-5nc5[n-]c(nc6nc(nc7[n-]c(n4)c4cccc(S(=O)(=O)O)c74)-c4ccccc4-6)c4ccccc54)cc3)ccc2S(=O)(=O)O)c1=O.O=S(=O)=O.O=S(=O)=O.[Cu+2]. The Bertz CT molecular complexity index is 5860. The van der Waals surface area contributed by atoms with E-state index in [4.69, 9.17) is 60.1 Å². The summed E-state index contributed by atoms with van der Waals surface area (Å²) in [5.41, 5.74) is -0.569. The van der Waals surface area contributed by atoms with Crippen molar-refractivity contribution in [3.8, 4) is 51.4 Å². The molecule has 2 aliphatic heterocycles. The van der Waals surface area contributed by atoms with Gasteiger partial charge in [0.2, 0.25) is 5.88 Å². The van der Waals surface area contributed by atoms with Crippen LogP contribution in [0.5, 0.6) is 5.88 Å². The Labute approximate surface area is 549 Å². The van der Waals surface area contributed by atoms with Crippen LogP contribution < -0.4 is 25.6 Å². The second kappa shape index (κ2) is 27.0. The van der Waals surface area contributed by atoms with Gasteiger partial charge in [0.1, 0.15) is 15.5 Å². The van der Waals surface area contributed by atoms with E-state index in [9.17, 15) is 57.5 Å². The number of carbonyl (C=O) groups excluding carboxylic acids is 1. The van der Waals surface area contributed by atoms with Gasteiger partial charge < -0.3 is 40.3 Å². The first-order valence-corrected chi connectivity index (χ1v) is 34.7. The molecule has 0 fully saturated rings. The van der Waals surface area contributed by atoms with Crippen LogP contribution in [0.2, 0.25) is 0 Å². The maximum atomic E-state index is 14.7. The van der Waals surface area contributed by atoms with Crippen LogP contribution in [0.15, 0.2) is 162 Å². The summed E-state index contributed by atoms with van der Waals surface area (Å²) in [6.45, 7) is 3.72. The van der Waals surface area contributed by atoms with Crippen LogP contribution >= 0.6 is 0 Å². The fourth-order valence-corrected chi connectivity index (χ4v) is 13.8. The van der Waals surface area contributed by atoms with Gasteiger partial charge in [0, 0.05) is 74.7 Å². The molecule has 2 aliphatic rings. The third-order valence-corrected chi connectivity index (χ3v) is 19.0. The number of carbonyl (C=O) groups is 1. The first kappa shape index (κ1) is 69.1. The third-order valence-electron chi connectivity index (χ3n) is 14.0. The van der Waals surface area contributed by atoms with E-state index in [1.54, 1.807) is 54.6 Å². The molecule has 5 N–H and O–H groups in total. The molecule has 0 saturated carbocycles. The predicted molar refractivity (Wildman–Crippen MR) is 334 cm³/mol. The summed E-state index contributed by atoms with van der Waals surface area (Å²) >= 11 is 0. The maximum absolute atomic E-state index is 14.7. The number of aromatic hydroxyl groups is 1. The van der Waals surface area contributed by atoms with E-state index in [-0.39, 0.29) is 136 Å². The van der Waals surface area contributed by atoms with E-state index >= 15 is 0 Å². The number of hydrogen-bond acceptors (Lipinski definition) is 26. The number of fused-ring (bicyclic) bond motifs is 20. The summed E-state index contributed by atoms with van der Waals surface area (Å²) in [5, 5.41) is 22.4. The van der Waals surface area contributed by atoms with Crippen LogP contribution in [0.25, 0.3) is 89.7 Å². The number of sulfone groups is 1. The second-order valence-electron chi connectivity index (χ2n) is 19.8. The van der Waals surface area contributed by atoms with Gasteiger partial charge in [-0.15, -0.1) is 35.5 Å². The molecule has 491 valence electrons. The topological polar surface area (TPSA) is 493 Å². The molecule has 39 heteroatoms. The van der Waals surface area contributed by atoms with E-state index in [1.165, 1.54) is 81.4 Å². The molecule has 4 aromatic heterocycles. The molecule has 0 atom stereocenters. The zero-order chi connectivity index (χ0) is 67.9. The van der Waals surface area contributed by atoms with Crippen molar-refractivity contribution in [2.24, 2.45) is 10.2 Å². The molecule has 95 heavy (non-hydrogen) atoms. The Hall–Kier alpha value is -10.2. The first-order chi connectivity index (χ1) is 44.4. The normalized spacial score (nSPS) is 11.9. The molecule has 0 spiro atoms. The third kappa shape index (κ3) is 14.3. The van der Waals surface area contributed by atoms with E-state index in [0.29, 0.717) is 21.9 Å². The molecule has 0 amide bonds. The molecule has 32 nitrogen and oxygen atoms in total. The monoisotopic (exact) mass is 1450 g/mol. The van der Waals surface area contributed by atoms with Crippen molar-refractivity contribution in [3.05, 3.63) is 149 Å². The molecule has 6 aromatic carbocycles. The average Bonchev–Trinajstić information content (AvgIpc) is 1.65. The summed E-state index contributed by atoms with van der Waals surface area (Å²) in [6, 6.07) is 30.8. The summed E-state index contributed by atoms with van der Waals surface area (Å²) in [7, 11) is -24.8. The first-order valence-electron chi connectivity index (χ1n) is 26.6. The number of rotatable bonds is 14. The van der Waals surface area contributed by atoms with Gasteiger partial charge in [-0.3, -0.25) is 28.0 Å². The Morgan fingerprint density at radius 2 is 1.07 bits per heavy atom. The minimum Gasteiger partial charge on any atom is -0.494 e. The Kier molecular flexibility index (Phi) is 19.7. The van der Waals surface area contributed by atoms with Crippen molar-refractivity contribution in [1.29, 1.82) is 0 Å². The molecule has 8 bridgehead atoms. The number of hydrogen-bond donors (Lipinski definition) is 5. The molecule has 10 aromatic rings. The van der Waals surface area contributed by atoms with Crippen LogP contribution in [0.4, 0.5) is 22.7 Å². The fourth-order valence-electron chi connectivity index (χ4n) is 10.1. The van der Waals surface area contributed by atoms with Crippen molar-refractivity contribution < 1.29 is 95.0 Å². The standard InChI is InChI=1S/C56H42N13O13S4.Cu.2O3S/c1-4-69-55(71)43(29(3)70)28(2)46(56(69)72)67-66-39-27-31(21-24-40(39)85(77,78)79)57-25-26-83(73,74)32-22-19-30(20-23-32)68-84(75,76)41-17-9-15-37-44(41)53-63-51(37)61-49-34-12-6-5-11-33(34)47(59-49)58-48-35-13-7-8-14-36(35)50(60-48)62-54-45-38(52(64-53)65-54)16-10-18-42(45)86(80,81)82;;2*1-4(2)3/h5-24,27,57,68H,4,25-26H2,1-3H3,(H4-,58,59,60,61,62,63,64,65,66,67,70,71,72,77,78,79,80,81,82);;;/q-1;+2;;/p-1. The van der Waals surface area contributed by atoms with Gasteiger partial charge in [-0.25, -0.2) is 26.8 Å². The van der Waals surface area contributed by atoms with Crippen LogP contribution in [0.3, 0.4) is 0 Å². The van der Waals surface area contributed by atoms with Gasteiger partial charge in [0.05, 0.1) is 44.4 Å². The quantitative estimate of drug-likeness (QED) is 0.0355. The van der Waals surface area contributed by atoms with Crippen molar-refractivity contribution in [2.45, 2.75) is 46.9 Å². The van der Waals surface area contributed by atoms with E-state index in [2.05, 4.69) is 25.3 Å². The molecule has 0 unspecified atom stereocenters. The molecule has 1 radical (unpaired) electrons. The minimum atomic E-state index is -4.93. The molecule has 0 saturated heterocycles. The zero-order valence-corrected chi connectivity index (χ0v) is 54.1. The predicted octanol–water partition coefficient (Wildman–Crippen LogP) is 6.11. The van der Waals surface area contributed by atoms with Crippen molar-refractivity contribution in [2.75, 3.05) is 22.3 Å². The van der Waals surface area contributed by atoms with Gasteiger partial charge in [0.25, 0.3) is 35.8 Å². The number of benzene rings is 6. The number of ketones is 1. The molecule has 6 heterocycles. The number of Topliss-reactive ketones (excluding diaryl/α,β-unsaturated/α-hetero) is 1. The van der Waals surface area contributed by atoms with Gasteiger partial charge in [-0.2, -0.15) is 16.8 Å². The van der Waals surface area contributed by atoms with Gasteiger partial charge in [0.15, 0.2) is 21.3 Å². The van der Waals surface area contributed by atoms with Gasteiger partial charge in [-0.05, 0) is 97.1 Å². The number of anilines is 2. The minimum absolute atomic E-state index is 0. The largest absolute Gasteiger partial charge is 2.00 e. The van der Waals surface area contributed by atoms with E-state index in [1.807, 2.05) is 0 Å². The van der Waals surface area contributed by atoms with Crippen LogP contribution in [-0.2, 0) is 84.9 Å². The number of sulfonamides is 1. The Morgan fingerprint density at radius 1 is 0.589 bits per heavy atom. The van der Waals surface area contributed by atoms with Crippen molar-refractivity contribution in [3.63, 3.8) is 0 Å². The van der Waals surface area contributed by atoms with Gasteiger partial charge in [-0.1, -0.05) is 72.8 Å². The smallest absolute Gasteiger partial charge is 0.494 e. The van der Waals surface area contributed by atoms with Gasteiger partial charge >= 0.3 is 38.3 Å². The number of nitrogens with one attached hydrogen (secondary N) is 2. The van der Waals surface area contributed by atoms with E-state index in [0.717, 1.165) is 16.7 Å².